The molecule has 0 radical (unpaired) electrons. The lowest BCUT2D eigenvalue weighted by atomic mass is 10.4. The van der Waals surface area contributed by atoms with E-state index in [4.69, 9.17) is 0 Å². The molecule has 34 valence electrons. The van der Waals surface area contributed by atoms with Crippen LogP contribution in [0.3, 0.4) is 0 Å². The highest BCUT2D eigenvalue weighted by molar-refractivity contribution is 14.1. The maximum absolute atomic E-state index is 2.26. The molecule has 0 bridgehead atoms. The van der Waals surface area contributed by atoms with Gasteiger partial charge in [-0.1, -0.05) is 28.7 Å². The van der Waals surface area contributed by atoms with Crippen molar-refractivity contribution in [3.05, 3.63) is 10.2 Å². The van der Waals surface area contributed by atoms with Gasteiger partial charge in [-0.25, -0.2) is 0 Å². The average molecular weight is 194 g/mol. The van der Waals surface area contributed by atoms with Gasteiger partial charge in [-0.15, -0.1) is 0 Å². The minimum absolute atomic E-state index is 0.960. The van der Waals surface area contributed by atoms with Crippen molar-refractivity contribution in [2.45, 2.75) is 12.8 Å². The molecule has 0 heterocycles. The molecule has 0 amide bonds. The molecule has 0 aromatic carbocycles. The second kappa shape index (κ2) is 1.96. The molecule has 1 aliphatic rings. The van der Waals surface area contributed by atoms with Crippen LogP contribution in [-0.2, 0) is 0 Å². The summed E-state index contributed by atoms with van der Waals surface area (Å²) >= 11 is 2.26. The SMILES string of the molecule is I/C=C/C1CC1. The maximum Gasteiger partial charge on any atom is -0.0226 e. The number of hydrogen-bond donors (Lipinski definition) is 0. The predicted octanol–water partition coefficient (Wildman–Crippen LogP) is 2.35. The smallest absolute Gasteiger partial charge is 0.0226 e. The van der Waals surface area contributed by atoms with E-state index in [1.807, 2.05) is 0 Å². The summed E-state index contributed by atoms with van der Waals surface area (Å²) in [5.74, 6) is 0.960. The van der Waals surface area contributed by atoms with E-state index in [1.165, 1.54) is 12.8 Å². The molecule has 0 aromatic heterocycles. The van der Waals surface area contributed by atoms with Crippen LogP contribution in [0.25, 0.3) is 0 Å². The normalized spacial score (nSPS) is 22.8. The van der Waals surface area contributed by atoms with Gasteiger partial charge >= 0.3 is 0 Å². The van der Waals surface area contributed by atoms with Gasteiger partial charge in [0, 0.05) is 0 Å². The van der Waals surface area contributed by atoms with Gasteiger partial charge in [0.05, 0.1) is 0 Å². The zero-order chi connectivity index (χ0) is 4.41. The van der Waals surface area contributed by atoms with Gasteiger partial charge < -0.3 is 0 Å². The van der Waals surface area contributed by atoms with Crippen LogP contribution < -0.4 is 0 Å². The monoisotopic (exact) mass is 194 g/mol. The van der Waals surface area contributed by atoms with E-state index in [0.29, 0.717) is 0 Å². The molecule has 1 saturated carbocycles. The zero-order valence-corrected chi connectivity index (χ0v) is 5.68. The van der Waals surface area contributed by atoms with Crippen LogP contribution >= 0.6 is 22.6 Å². The molecule has 1 aliphatic carbocycles. The number of hydrogen-bond acceptors (Lipinski definition) is 0. The Bertz CT molecular complexity index is 62.3. The van der Waals surface area contributed by atoms with Gasteiger partial charge in [0.25, 0.3) is 0 Å². The number of halogens is 1. The summed E-state index contributed by atoms with van der Waals surface area (Å²) in [6, 6.07) is 0. The molecular weight excluding hydrogens is 187 g/mol. The standard InChI is InChI=1S/C5H7I/c6-4-3-5-1-2-5/h3-5H,1-2H2/b4-3+. The molecular formula is C5H7I. The van der Waals surface area contributed by atoms with Crippen molar-refractivity contribution in [3.63, 3.8) is 0 Å². The van der Waals surface area contributed by atoms with Crippen molar-refractivity contribution in [2.24, 2.45) is 5.92 Å². The van der Waals surface area contributed by atoms with Crippen LogP contribution in [0.15, 0.2) is 10.2 Å². The van der Waals surface area contributed by atoms with Gasteiger partial charge in [0.2, 0.25) is 0 Å². The third kappa shape index (κ3) is 1.29. The highest BCUT2D eigenvalue weighted by Crippen LogP contribution is 2.30. The molecule has 1 heteroatoms. The Labute approximate surface area is 51.8 Å². The third-order valence-corrected chi connectivity index (χ3v) is 1.38. The summed E-state index contributed by atoms with van der Waals surface area (Å²) in [5, 5.41) is 0. The first kappa shape index (κ1) is 4.62. The van der Waals surface area contributed by atoms with Crippen molar-refractivity contribution in [2.75, 3.05) is 0 Å². The van der Waals surface area contributed by atoms with E-state index in [-0.39, 0.29) is 0 Å². The first-order chi connectivity index (χ1) is 2.93. The van der Waals surface area contributed by atoms with Crippen molar-refractivity contribution in [1.29, 1.82) is 0 Å². The Morgan fingerprint density at radius 3 is 2.33 bits per heavy atom. The molecule has 0 nitrogen and oxygen atoms in total. The van der Waals surface area contributed by atoms with Crippen molar-refractivity contribution < 1.29 is 0 Å². The highest BCUT2D eigenvalue weighted by Gasteiger charge is 2.16. The lowest BCUT2D eigenvalue weighted by Gasteiger charge is -1.68. The summed E-state index contributed by atoms with van der Waals surface area (Å²) in [6.07, 6.45) is 5.12. The average Bonchev–Trinajstić information content (AvgIpc) is 2.21. The summed E-state index contributed by atoms with van der Waals surface area (Å²) in [7, 11) is 0. The molecule has 1 fully saturated rings. The van der Waals surface area contributed by atoms with Gasteiger partial charge in [-0.3, -0.25) is 0 Å². The van der Waals surface area contributed by atoms with Crippen LogP contribution in [0.4, 0.5) is 0 Å². The van der Waals surface area contributed by atoms with Crippen molar-refractivity contribution in [1.82, 2.24) is 0 Å². The van der Waals surface area contributed by atoms with Crippen LogP contribution in [-0.4, -0.2) is 0 Å². The molecule has 0 saturated heterocycles. The number of allylic oxidation sites excluding steroid dienone is 1. The topological polar surface area (TPSA) is 0 Å². The van der Waals surface area contributed by atoms with E-state index in [0.717, 1.165) is 5.92 Å². The van der Waals surface area contributed by atoms with Crippen molar-refractivity contribution >= 4 is 22.6 Å². The fourth-order valence-electron chi connectivity index (χ4n) is 0.392. The molecule has 0 atom stereocenters. The molecule has 1 rings (SSSR count). The molecule has 0 N–H and O–H groups in total. The summed E-state index contributed by atoms with van der Waals surface area (Å²) in [5.41, 5.74) is 0. The van der Waals surface area contributed by atoms with Gasteiger partial charge in [-0.2, -0.15) is 0 Å². The predicted molar refractivity (Wildman–Crippen MR) is 35.9 cm³/mol. The molecule has 0 aliphatic heterocycles. The third-order valence-electron chi connectivity index (χ3n) is 0.967. The number of rotatable bonds is 1. The van der Waals surface area contributed by atoms with Crippen LogP contribution in [0.1, 0.15) is 12.8 Å². The first-order valence-corrected chi connectivity index (χ1v) is 3.45. The van der Waals surface area contributed by atoms with E-state index < -0.39 is 0 Å². The Morgan fingerprint density at radius 1 is 1.50 bits per heavy atom. The quantitative estimate of drug-likeness (QED) is 0.562. The van der Waals surface area contributed by atoms with Gasteiger partial charge in [0.15, 0.2) is 0 Å². The van der Waals surface area contributed by atoms with E-state index in [1.54, 1.807) is 0 Å². The lowest BCUT2D eigenvalue weighted by Crippen LogP contribution is -1.53. The molecule has 0 unspecified atom stereocenters. The summed E-state index contributed by atoms with van der Waals surface area (Å²) in [4.78, 5) is 0. The molecule has 0 aromatic rings. The highest BCUT2D eigenvalue weighted by atomic mass is 127. The fourth-order valence-corrected chi connectivity index (χ4v) is 0.979. The first-order valence-electron chi connectivity index (χ1n) is 2.20. The second-order valence-corrected chi connectivity index (χ2v) is 2.38. The van der Waals surface area contributed by atoms with Crippen LogP contribution in [0, 0.1) is 5.92 Å². The van der Waals surface area contributed by atoms with E-state index in [2.05, 4.69) is 32.7 Å². The Kier molecular flexibility index (Phi) is 1.51. The molecule has 0 spiro atoms. The molecule has 6 heavy (non-hydrogen) atoms. The Morgan fingerprint density at radius 2 is 2.17 bits per heavy atom. The minimum Gasteiger partial charge on any atom is -0.0753 e. The van der Waals surface area contributed by atoms with E-state index >= 15 is 0 Å². The van der Waals surface area contributed by atoms with Crippen molar-refractivity contribution in [3.8, 4) is 0 Å². The largest absolute Gasteiger partial charge is 0.0753 e. The van der Waals surface area contributed by atoms with E-state index in [9.17, 15) is 0 Å². The lowest BCUT2D eigenvalue weighted by molar-refractivity contribution is 1.13. The minimum atomic E-state index is 0.960. The van der Waals surface area contributed by atoms with Crippen LogP contribution in [0.5, 0.6) is 0 Å². The zero-order valence-electron chi connectivity index (χ0n) is 3.52. The summed E-state index contributed by atoms with van der Waals surface area (Å²) < 4.78 is 2.11. The summed E-state index contributed by atoms with van der Waals surface area (Å²) in [6.45, 7) is 0. The Balaban J connectivity index is 2.15. The fraction of sp³-hybridized carbons (Fsp3) is 0.600. The van der Waals surface area contributed by atoms with Gasteiger partial charge in [0.1, 0.15) is 0 Å². The maximum atomic E-state index is 2.26. The second-order valence-electron chi connectivity index (χ2n) is 1.66. The van der Waals surface area contributed by atoms with Crippen LogP contribution in [0.2, 0.25) is 0 Å². The van der Waals surface area contributed by atoms with Gasteiger partial charge in [-0.05, 0) is 22.8 Å². The Hall–Kier alpha value is 0.470.